The monoisotopic (exact) mass is 420 g/mol. The summed E-state index contributed by atoms with van der Waals surface area (Å²) in [6.07, 6.45) is 2.14. The van der Waals surface area contributed by atoms with Gasteiger partial charge in [-0.3, -0.25) is 4.79 Å². The highest BCUT2D eigenvalue weighted by molar-refractivity contribution is 7.88. The Kier molecular flexibility index (Phi) is 7.10. The number of nitrogens with one attached hydrogen (secondary N) is 1. The topological polar surface area (TPSA) is 66.5 Å². The second-order valence-electron chi connectivity index (χ2n) is 7.07. The molecule has 2 aromatic carbocycles. The Labute approximate surface area is 171 Å². The van der Waals surface area contributed by atoms with Crippen molar-refractivity contribution >= 4 is 27.5 Å². The Balaban J connectivity index is 1.55. The van der Waals surface area contributed by atoms with Crippen molar-refractivity contribution in [2.24, 2.45) is 5.92 Å². The van der Waals surface area contributed by atoms with Gasteiger partial charge in [0.15, 0.2) is 0 Å². The molecule has 7 heteroatoms. The lowest BCUT2D eigenvalue weighted by molar-refractivity contribution is -0.126. The lowest BCUT2D eigenvalue weighted by Crippen LogP contribution is -2.46. The van der Waals surface area contributed by atoms with Gasteiger partial charge in [-0.2, -0.15) is 0 Å². The average molecular weight is 421 g/mol. The Morgan fingerprint density at radius 2 is 1.82 bits per heavy atom. The van der Waals surface area contributed by atoms with Gasteiger partial charge in [0.1, 0.15) is 0 Å². The minimum atomic E-state index is -3.52. The van der Waals surface area contributed by atoms with Crippen LogP contribution in [0.5, 0.6) is 0 Å². The number of halogens is 1. The highest BCUT2D eigenvalue weighted by atomic mass is 35.5. The number of rotatable bonds is 7. The molecule has 0 radical (unpaired) electrons. The summed E-state index contributed by atoms with van der Waals surface area (Å²) in [5.41, 5.74) is 1.74. The third-order valence-electron chi connectivity index (χ3n) is 5.00. The minimum absolute atomic E-state index is 0.0754. The molecule has 1 saturated heterocycles. The fraction of sp³-hybridized carbons (Fsp3) is 0.381. The largest absolute Gasteiger partial charge is 0.355 e. The number of nitrogens with zero attached hydrogens (tertiary/aromatic N) is 1. The first kappa shape index (κ1) is 20.8. The summed E-state index contributed by atoms with van der Waals surface area (Å²) in [7, 11) is -3.52. The number of hydrogen-bond acceptors (Lipinski definition) is 3. The fourth-order valence-corrected chi connectivity index (χ4v) is 5.35. The molecule has 2 aromatic rings. The number of piperidine rings is 1. The van der Waals surface area contributed by atoms with Crippen LogP contribution >= 0.6 is 11.6 Å². The fourth-order valence-electron chi connectivity index (χ4n) is 3.43. The molecule has 5 nitrogen and oxygen atoms in total. The lowest BCUT2D eigenvalue weighted by Gasteiger charge is -2.31. The zero-order valence-corrected chi connectivity index (χ0v) is 17.3. The summed E-state index contributed by atoms with van der Waals surface area (Å²) in [6.45, 7) is 1.22. The van der Waals surface area contributed by atoms with Crippen molar-refractivity contribution in [3.63, 3.8) is 0 Å². The summed E-state index contributed by atoms with van der Waals surface area (Å²) in [4.78, 5) is 12.5. The van der Waals surface area contributed by atoms with Gasteiger partial charge in [-0.05, 0) is 36.5 Å². The molecule has 1 aliphatic heterocycles. The van der Waals surface area contributed by atoms with Gasteiger partial charge in [-0.25, -0.2) is 12.7 Å². The van der Waals surface area contributed by atoms with Crippen LogP contribution in [-0.4, -0.2) is 38.3 Å². The summed E-state index contributed by atoms with van der Waals surface area (Å²) < 4.78 is 27.1. The van der Waals surface area contributed by atoms with Crippen LogP contribution in [0.2, 0.25) is 5.02 Å². The Bertz CT molecular complexity index is 903. The number of amides is 1. The van der Waals surface area contributed by atoms with Crippen LogP contribution in [-0.2, 0) is 27.0 Å². The highest BCUT2D eigenvalue weighted by Crippen LogP contribution is 2.24. The van der Waals surface area contributed by atoms with Gasteiger partial charge in [0.2, 0.25) is 15.9 Å². The first-order chi connectivity index (χ1) is 13.5. The van der Waals surface area contributed by atoms with Crippen LogP contribution in [0.25, 0.3) is 0 Å². The molecule has 150 valence electrons. The van der Waals surface area contributed by atoms with Crippen LogP contribution in [0.4, 0.5) is 0 Å². The predicted octanol–water partition coefficient (Wildman–Crippen LogP) is 3.24. The van der Waals surface area contributed by atoms with Crippen LogP contribution in [0, 0.1) is 5.92 Å². The molecule has 1 atom stereocenters. The van der Waals surface area contributed by atoms with E-state index < -0.39 is 10.0 Å². The molecule has 0 bridgehead atoms. The van der Waals surface area contributed by atoms with Gasteiger partial charge in [0, 0.05) is 24.7 Å². The quantitative estimate of drug-likeness (QED) is 0.747. The maximum atomic E-state index is 12.8. The van der Waals surface area contributed by atoms with E-state index in [4.69, 9.17) is 11.6 Å². The molecule has 1 heterocycles. The molecule has 0 spiro atoms. The van der Waals surface area contributed by atoms with E-state index in [0.29, 0.717) is 36.5 Å². The predicted molar refractivity (Wildman–Crippen MR) is 112 cm³/mol. The van der Waals surface area contributed by atoms with E-state index in [-0.39, 0.29) is 24.1 Å². The van der Waals surface area contributed by atoms with E-state index in [9.17, 15) is 13.2 Å². The van der Waals surface area contributed by atoms with Crippen molar-refractivity contribution in [3.8, 4) is 0 Å². The summed E-state index contributed by atoms with van der Waals surface area (Å²) in [6, 6.07) is 16.9. The summed E-state index contributed by atoms with van der Waals surface area (Å²) in [5, 5.41) is 3.39. The van der Waals surface area contributed by atoms with Gasteiger partial charge >= 0.3 is 0 Å². The van der Waals surface area contributed by atoms with Gasteiger partial charge in [0.05, 0.1) is 11.7 Å². The van der Waals surface area contributed by atoms with Crippen LogP contribution < -0.4 is 5.32 Å². The first-order valence-electron chi connectivity index (χ1n) is 9.48. The zero-order valence-electron chi connectivity index (χ0n) is 15.7. The number of benzene rings is 2. The Hall–Kier alpha value is -1.89. The van der Waals surface area contributed by atoms with Crippen molar-refractivity contribution < 1.29 is 13.2 Å². The second-order valence-corrected chi connectivity index (χ2v) is 9.45. The zero-order chi connectivity index (χ0) is 20.0. The molecule has 3 rings (SSSR count). The summed E-state index contributed by atoms with van der Waals surface area (Å²) in [5.74, 6) is -0.534. The molecular formula is C21H25ClN2O3S. The van der Waals surface area contributed by atoms with Crippen molar-refractivity contribution in [2.45, 2.75) is 25.0 Å². The highest BCUT2D eigenvalue weighted by Gasteiger charge is 2.32. The van der Waals surface area contributed by atoms with Crippen molar-refractivity contribution in [2.75, 3.05) is 19.6 Å². The number of carbonyl (C=O) groups is 1. The van der Waals surface area contributed by atoms with Crippen molar-refractivity contribution in [1.29, 1.82) is 0 Å². The van der Waals surface area contributed by atoms with Gasteiger partial charge in [0.25, 0.3) is 0 Å². The third kappa shape index (κ3) is 5.56. The third-order valence-corrected chi connectivity index (χ3v) is 7.16. The number of hydrogen-bond donors (Lipinski definition) is 1. The van der Waals surface area contributed by atoms with E-state index in [0.717, 1.165) is 12.0 Å². The molecule has 1 aliphatic rings. The lowest BCUT2D eigenvalue weighted by atomic mass is 9.99. The van der Waals surface area contributed by atoms with E-state index in [2.05, 4.69) is 5.32 Å². The van der Waals surface area contributed by atoms with Gasteiger partial charge < -0.3 is 5.32 Å². The summed E-state index contributed by atoms with van der Waals surface area (Å²) >= 11 is 6.11. The Morgan fingerprint density at radius 1 is 1.11 bits per heavy atom. The van der Waals surface area contributed by atoms with Gasteiger partial charge in [-0.15, -0.1) is 0 Å². The molecule has 1 amide bonds. The standard InChI is InChI=1S/C21H25ClN2O3S/c22-20-11-5-4-9-19(20)16-28(26,27)24-14-6-10-18(15-24)21(25)23-13-12-17-7-2-1-3-8-17/h1-5,7-9,11,18H,6,10,12-16H2,(H,23,25). The molecule has 0 aliphatic carbocycles. The maximum absolute atomic E-state index is 12.8. The Morgan fingerprint density at radius 3 is 2.57 bits per heavy atom. The minimum Gasteiger partial charge on any atom is -0.355 e. The molecule has 0 aromatic heterocycles. The molecule has 28 heavy (non-hydrogen) atoms. The van der Waals surface area contributed by atoms with E-state index >= 15 is 0 Å². The SMILES string of the molecule is O=C(NCCc1ccccc1)C1CCCN(S(=O)(=O)Cc2ccccc2Cl)C1. The van der Waals surface area contributed by atoms with Crippen LogP contribution in [0.3, 0.4) is 0 Å². The van der Waals surface area contributed by atoms with Crippen LogP contribution in [0.15, 0.2) is 54.6 Å². The maximum Gasteiger partial charge on any atom is 0.224 e. The van der Waals surface area contributed by atoms with E-state index in [1.165, 1.54) is 4.31 Å². The van der Waals surface area contributed by atoms with Crippen LogP contribution in [0.1, 0.15) is 24.0 Å². The molecule has 0 saturated carbocycles. The number of carbonyl (C=O) groups excluding carboxylic acids is 1. The second kappa shape index (κ2) is 9.54. The molecule has 1 N–H and O–H groups in total. The van der Waals surface area contributed by atoms with Crippen molar-refractivity contribution in [1.82, 2.24) is 9.62 Å². The normalized spacial score (nSPS) is 18.0. The number of sulfonamides is 1. The molecule has 1 unspecified atom stereocenters. The van der Waals surface area contributed by atoms with Crippen molar-refractivity contribution in [3.05, 3.63) is 70.7 Å². The first-order valence-corrected chi connectivity index (χ1v) is 11.5. The van der Waals surface area contributed by atoms with Gasteiger partial charge in [-0.1, -0.05) is 60.1 Å². The molecular weight excluding hydrogens is 396 g/mol. The molecule has 1 fully saturated rings. The van der Waals surface area contributed by atoms with E-state index in [1.54, 1.807) is 24.3 Å². The average Bonchev–Trinajstić information content (AvgIpc) is 2.70. The smallest absolute Gasteiger partial charge is 0.224 e. The van der Waals surface area contributed by atoms with E-state index in [1.807, 2.05) is 30.3 Å².